The van der Waals surface area contributed by atoms with Crippen molar-refractivity contribution in [1.82, 2.24) is 4.98 Å². The highest BCUT2D eigenvalue weighted by molar-refractivity contribution is 6.11. The van der Waals surface area contributed by atoms with Crippen LogP contribution < -0.4 is 14.2 Å². The second-order valence-corrected chi connectivity index (χ2v) is 13.2. The Morgan fingerprint density at radius 3 is 2.71 bits per heavy atom. The van der Waals surface area contributed by atoms with Gasteiger partial charge in [-0.3, -0.25) is 9.59 Å². The fourth-order valence-electron chi connectivity index (χ4n) is 8.24. The summed E-state index contributed by atoms with van der Waals surface area (Å²) in [6, 6.07) is 7.65. The van der Waals surface area contributed by atoms with Crippen LogP contribution in [0.2, 0.25) is 0 Å². The Hall–Kier alpha value is -4.45. The van der Waals surface area contributed by atoms with E-state index < -0.39 is 42.7 Å². The lowest BCUT2D eigenvalue weighted by atomic mass is 9.70. The normalized spacial score (nSPS) is 27.9. The van der Waals surface area contributed by atoms with E-state index in [1.54, 1.807) is 13.8 Å². The van der Waals surface area contributed by atoms with E-state index in [-0.39, 0.29) is 53.8 Å². The van der Waals surface area contributed by atoms with Crippen LogP contribution in [0.15, 0.2) is 47.4 Å². The molecule has 48 heavy (non-hydrogen) atoms. The molecule has 0 spiro atoms. The van der Waals surface area contributed by atoms with Crippen LogP contribution in [-0.2, 0) is 25.7 Å². The van der Waals surface area contributed by atoms with E-state index in [4.69, 9.17) is 18.9 Å². The molecule has 0 saturated heterocycles. The Morgan fingerprint density at radius 1 is 1.19 bits per heavy atom. The fraction of sp³-hybridized carbons (Fsp3) is 0.432. The topological polar surface area (TPSA) is 165 Å². The van der Waals surface area contributed by atoms with Crippen LogP contribution in [0.1, 0.15) is 80.0 Å². The highest BCUT2D eigenvalue weighted by Gasteiger charge is 2.52. The number of rotatable bonds is 7. The van der Waals surface area contributed by atoms with Gasteiger partial charge in [0, 0.05) is 40.6 Å². The average molecular weight is 658 g/mol. The molecular weight excluding hydrogens is 618 g/mol. The Labute approximate surface area is 277 Å². The van der Waals surface area contributed by atoms with Gasteiger partial charge in [0.15, 0.2) is 6.29 Å². The Kier molecular flexibility index (Phi) is 8.17. The second kappa shape index (κ2) is 12.2. The molecule has 11 nitrogen and oxygen atoms in total. The van der Waals surface area contributed by atoms with Gasteiger partial charge in [0.05, 0.1) is 49.2 Å². The molecule has 0 unspecified atom stereocenters. The maximum absolute atomic E-state index is 13.8. The van der Waals surface area contributed by atoms with Crippen molar-refractivity contribution in [2.45, 2.75) is 76.1 Å². The number of aromatic amines is 1. The van der Waals surface area contributed by atoms with Crippen LogP contribution in [0, 0.1) is 5.92 Å². The number of aldehydes is 1. The van der Waals surface area contributed by atoms with Gasteiger partial charge in [0.2, 0.25) is 5.76 Å². The number of ether oxygens (including phenoxy) is 4. The number of Topliss-reactive ketones (excluding diaryl/α,β-unsaturated/α-hetero) is 1. The smallest absolute Gasteiger partial charge is 0.375 e. The van der Waals surface area contributed by atoms with Gasteiger partial charge in [-0.2, -0.15) is 0 Å². The predicted octanol–water partition coefficient (Wildman–Crippen LogP) is 4.37. The minimum Gasteiger partial charge on any atom is -0.496 e. The molecule has 0 amide bonds. The number of benzene rings is 2. The molecule has 0 radical (unpaired) electrons. The number of allylic oxidation sites excluding steroid dienone is 3. The first-order valence-electron chi connectivity index (χ1n) is 16.4. The van der Waals surface area contributed by atoms with E-state index in [0.717, 1.165) is 22.9 Å². The van der Waals surface area contributed by atoms with Gasteiger partial charge < -0.3 is 39.3 Å². The number of ketones is 1. The number of hydrogen-bond acceptors (Lipinski definition) is 10. The molecule has 5 atom stereocenters. The molecule has 0 bridgehead atoms. The standard InChI is InChI=1S/C37H39NO10/c1-4-46-36(43)33-24(16-40)27(20-13-21(15-39)30(42)23(14-20)18-7-8-26-19(12-18)9-11-38-26)29-32(47-33)25(17-41)31-28(34(29)45-3)22-6-5-10-37(2,44)35(22)48-31/h7-9,11-12,16,21-23,35,38-39,41,44H,4-6,10,13-15,17H2,1-3H3/b27-20+/t21-,22+,23-,35-,37+/m0/s1. The molecule has 2 aliphatic heterocycles. The maximum atomic E-state index is 13.8. The zero-order chi connectivity index (χ0) is 33.9. The number of fused-ring (bicyclic) bond motifs is 5. The van der Waals surface area contributed by atoms with E-state index in [0.29, 0.717) is 52.9 Å². The molecule has 3 heterocycles. The number of carbonyl (C=O) groups is 3. The van der Waals surface area contributed by atoms with Crippen molar-refractivity contribution in [3.8, 4) is 17.2 Å². The minimum atomic E-state index is -1.16. The molecule has 4 aliphatic rings. The van der Waals surface area contributed by atoms with Crippen molar-refractivity contribution >= 4 is 34.5 Å². The highest BCUT2D eigenvalue weighted by Crippen LogP contribution is 2.61. The van der Waals surface area contributed by atoms with Gasteiger partial charge >= 0.3 is 5.97 Å². The maximum Gasteiger partial charge on any atom is 0.375 e. The summed E-state index contributed by atoms with van der Waals surface area (Å²) in [5, 5.41) is 33.6. The molecule has 2 saturated carbocycles. The van der Waals surface area contributed by atoms with Gasteiger partial charge in [0.25, 0.3) is 0 Å². The van der Waals surface area contributed by atoms with Crippen LogP contribution in [-0.4, -0.2) is 70.4 Å². The van der Waals surface area contributed by atoms with E-state index >= 15 is 0 Å². The van der Waals surface area contributed by atoms with Crippen LogP contribution in [0.4, 0.5) is 0 Å². The lowest BCUT2D eigenvalue weighted by Crippen LogP contribution is -2.47. The van der Waals surface area contributed by atoms with Gasteiger partial charge in [-0.1, -0.05) is 11.6 Å². The summed E-state index contributed by atoms with van der Waals surface area (Å²) in [6.45, 7) is 2.43. The third-order valence-corrected chi connectivity index (χ3v) is 10.4. The van der Waals surface area contributed by atoms with Crippen LogP contribution in [0.25, 0.3) is 16.5 Å². The van der Waals surface area contributed by atoms with Gasteiger partial charge in [-0.15, -0.1) is 0 Å². The summed E-state index contributed by atoms with van der Waals surface area (Å²) in [7, 11) is 1.49. The van der Waals surface area contributed by atoms with Crippen molar-refractivity contribution < 1.29 is 48.7 Å². The number of aliphatic hydroxyl groups excluding tert-OH is 2. The first-order valence-corrected chi connectivity index (χ1v) is 16.4. The molecular formula is C37H39NO10. The summed E-state index contributed by atoms with van der Waals surface area (Å²) in [5.74, 6) is -2.33. The van der Waals surface area contributed by atoms with Crippen molar-refractivity contribution in [2.75, 3.05) is 20.3 Å². The van der Waals surface area contributed by atoms with Crippen LogP contribution in [0.5, 0.6) is 17.2 Å². The molecule has 2 aromatic carbocycles. The van der Waals surface area contributed by atoms with Crippen molar-refractivity contribution in [3.05, 3.63) is 69.6 Å². The fourth-order valence-corrected chi connectivity index (χ4v) is 8.24. The number of esters is 1. The molecule has 4 N–H and O–H groups in total. The van der Waals surface area contributed by atoms with E-state index in [1.807, 2.05) is 30.5 Å². The third-order valence-electron chi connectivity index (χ3n) is 10.4. The lowest BCUT2D eigenvalue weighted by Gasteiger charge is -2.38. The summed E-state index contributed by atoms with van der Waals surface area (Å²) in [6.07, 6.45) is 4.00. The Morgan fingerprint density at radius 2 is 2.00 bits per heavy atom. The second-order valence-electron chi connectivity index (χ2n) is 13.2. The largest absolute Gasteiger partial charge is 0.496 e. The molecule has 3 aromatic rings. The SMILES string of the molecule is CCOC(=O)C1=C(C=O)/C(=C2/C[C@@H](CO)C(=O)[C@H](c3ccc4[nH]ccc4c3)C2)c2c(c(CO)c3c(c2OC)[C@H]2CCC[C@@](C)(O)[C@H]2O3)O1. The zero-order valence-electron chi connectivity index (χ0n) is 27.1. The number of hydrogen-bond donors (Lipinski definition) is 4. The predicted molar refractivity (Wildman–Crippen MR) is 174 cm³/mol. The van der Waals surface area contributed by atoms with Crippen molar-refractivity contribution in [1.29, 1.82) is 0 Å². The molecule has 2 fully saturated rings. The molecule has 252 valence electrons. The van der Waals surface area contributed by atoms with E-state index in [2.05, 4.69) is 4.98 Å². The minimum absolute atomic E-state index is 0.0172. The number of nitrogens with one attached hydrogen (secondary N) is 1. The van der Waals surface area contributed by atoms with Gasteiger partial charge in [-0.25, -0.2) is 4.79 Å². The Balaban J connectivity index is 1.51. The van der Waals surface area contributed by atoms with Crippen molar-refractivity contribution in [3.63, 3.8) is 0 Å². The van der Waals surface area contributed by atoms with Gasteiger partial charge in [-0.05, 0) is 75.1 Å². The monoisotopic (exact) mass is 657 g/mol. The zero-order valence-corrected chi connectivity index (χ0v) is 27.1. The molecule has 1 aromatic heterocycles. The summed E-state index contributed by atoms with van der Waals surface area (Å²) in [5.41, 5.74) is 2.68. The molecule has 2 aliphatic carbocycles. The number of aliphatic hydroxyl groups is 3. The molecule has 7 rings (SSSR count). The first kappa shape index (κ1) is 32.1. The third kappa shape index (κ3) is 4.86. The highest BCUT2D eigenvalue weighted by atomic mass is 16.6. The summed E-state index contributed by atoms with van der Waals surface area (Å²) < 4.78 is 24.1. The van der Waals surface area contributed by atoms with Crippen molar-refractivity contribution in [2.24, 2.45) is 5.92 Å². The summed E-state index contributed by atoms with van der Waals surface area (Å²) >= 11 is 0. The lowest BCUT2D eigenvalue weighted by molar-refractivity contribution is -0.141. The first-order chi connectivity index (χ1) is 23.2. The number of aromatic nitrogens is 1. The number of carbonyl (C=O) groups excluding carboxylic acids is 3. The van der Waals surface area contributed by atoms with E-state index in [1.165, 1.54) is 7.11 Å². The quantitative estimate of drug-likeness (QED) is 0.212. The van der Waals surface area contributed by atoms with Crippen LogP contribution in [0.3, 0.4) is 0 Å². The Bertz CT molecular complexity index is 1900. The van der Waals surface area contributed by atoms with Gasteiger partial charge in [0.1, 0.15) is 29.1 Å². The average Bonchev–Trinajstić information content (AvgIpc) is 3.72. The molecule has 11 heteroatoms. The number of methoxy groups -OCH3 is 1. The van der Waals surface area contributed by atoms with Crippen LogP contribution >= 0.6 is 0 Å². The van der Waals surface area contributed by atoms with E-state index in [9.17, 15) is 29.7 Å². The number of H-pyrrole nitrogens is 1. The summed E-state index contributed by atoms with van der Waals surface area (Å²) in [4.78, 5) is 43.5.